The summed E-state index contributed by atoms with van der Waals surface area (Å²) in [5, 5.41) is 10.9. The molecule has 0 spiro atoms. The fourth-order valence-corrected chi connectivity index (χ4v) is 7.59. The molecule has 4 N–H and O–H groups in total. The lowest BCUT2D eigenvalue weighted by Gasteiger charge is -2.32. The molecule has 1 amide bonds. The number of H-pyrrole nitrogens is 1. The Balaban J connectivity index is 1.28. The first kappa shape index (κ1) is 26.9. The Kier molecular flexibility index (Phi) is 8.18. The summed E-state index contributed by atoms with van der Waals surface area (Å²) in [7, 11) is -3.31. The van der Waals surface area contributed by atoms with Gasteiger partial charge < -0.3 is 20.7 Å². The number of carbonyl (C=O) groups is 1. The maximum absolute atomic E-state index is 13.1. The number of aliphatic hydroxyl groups excluding tert-OH is 1. The fourth-order valence-electron chi connectivity index (χ4n) is 6.07. The zero-order chi connectivity index (χ0) is 26.7. The maximum atomic E-state index is 13.1. The van der Waals surface area contributed by atoms with Crippen LogP contribution in [0, 0.1) is 0 Å². The van der Waals surface area contributed by atoms with Crippen molar-refractivity contribution in [2.75, 3.05) is 38.5 Å². The summed E-state index contributed by atoms with van der Waals surface area (Å²) in [6.07, 6.45) is 5.78. The minimum absolute atomic E-state index is 0.147. The number of likely N-dealkylation sites (tertiary alicyclic amines) is 1. The number of hydrogen-bond acceptors (Lipinski definition) is 5. The molecule has 38 heavy (non-hydrogen) atoms. The zero-order valence-electron chi connectivity index (χ0n) is 21.8. The van der Waals surface area contributed by atoms with Crippen LogP contribution in [0.1, 0.15) is 49.1 Å². The number of fused-ring (bicyclic) bond motifs is 1. The second-order valence-electron chi connectivity index (χ2n) is 10.8. The molecule has 1 atom stereocenters. The topological polar surface area (TPSA) is 120 Å². The molecule has 5 rings (SSSR count). The molecule has 2 aromatic carbocycles. The number of nitrogens with zero attached hydrogens (tertiary/aromatic N) is 2. The lowest BCUT2D eigenvalue weighted by molar-refractivity contribution is -0.117. The first-order valence-electron chi connectivity index (χ1n) is 13.7. The third-order valence-electron chi connectivity index (χ3n) is 8.02. The van der Waals surface area contributed by atoms with Crippen molar-refractivity contribution in [3.63, 3.8) is 0 Å². The lowest BCUT2D eigenvalue weighted by Crippen LogP contribution is -2.41. The fraction of sp³-hybridized carbons (Fsp3) is 0.483. The van der Waals surface area contributed by atoms with Crippen LogP contribution in [0.5, 0.6) is 0 Å². The van der Waals surface area contributed by atoms with Crippen LogP contribution in [0.4, 0.5) is 0 Å². The van der Waals surface area contributed by atoms with Gasteiger partial charge >= 0.3 is 0 Å². The standard InChI is InChI=1S/C29H38N4O4S/c30-28(35)18-24-16-23(21-6-2-1-3-7-21)17-26-27(19-31-29(24)26)22-9-13-33(14-10-22)38(36,37)15-5-12-32-11-4-8-25(34)20-32/h1-3,6-7,16-17,19,22,25,31,34H,4-5,8-15,18,20H2,(H2,30,35). The van der Waals surface area contributed by atoms with Gasteiger partial charge in [0.2, 0.25) is 15.9 Å². The van der Waals surface area contributed by atoms with Gasteiger partial charge in [0.1, 0.15) is 0 Å². The highest BCUT2D eigenvalue weighted by Crippen LogP contribution is 2.37. The molecular weight excluding hydrogens is 500 g/mol. The highest BCUT2D eigenvalue weighted by Gasteiger charge is 2.30. The number of nitrogens with two attached hydrogens (primary N) is 1. The maximum Gasteiger partial charge on any atom is 0.221 e. The van der Waals surface area contributed by atoms with Gasteiger partial charge in [-0.05, 0) is 85.5 Å². The molecular formula is C29H38N4O4S. The second kappa shape index (κ2) is 11.6. The van der Waals surface area contributed by atoms with E-state index in [0.717, 1.165) is 59.8 Å². The van der Waals surface area contributed by atoms with E-state index >= 15 is 0 Å². The number of aromatic nitrogens is 1. The van der Waals surface area contributed by atoms with Gasteiger partial charge in [-0.15, -0.1) is 0 Å². The van der Waals surface area contributed by atoms with Gasteiger partial charge in [-0.2, -0.15) is 0 Å². The Labute approximate surface area is 224 Å². The normalized spacial score (nSPS) is 20.2. The van der Waals surface area contributed by atoms with E-state index in [1.54, 1.807) is 4.31 Å². The van der Waals surface area contributed by atoms with Gasteiger partial charge in [0.15, 0.2) is 0 Å². The van der Waals surface area contributed by atoms with Crippen LogP contribution < -0.4 is 5.73 Å². The van der Waals surface area contributed by atoms with E-state index in [1.807, 2.05) is 30.5 Å². The Morgan fingerprint density at radius 3 is 2.53 bits per heavy atom. The lowest BCUT2D eigenvalue weighted by atomic mass is 9.88. The largest absolute Gasteiger partial charge is 0.392 e. The molecule has 2 saturated heterocycles. The van der Waals surface area contributed by atoms with Gasteiger partial charge in [0.05, 0.1) is 18.3 Å². The predicted molar refractivity (Wildman–Crippen MR) is 150 cm³/mol. The van der Waals surface area contributed by atoms with E-state index in [4.69, 9.17) is 5.73 Å². The summed E-state index contributed by atoms with van der Waals surface area (Å²) >= 11 is 0. The number of sulfonamides is 1. The van der Waals surface area contributed by atoms with E-state index in [2.05, 4.69) is 28.1 Å². The quantitative estimate of drug-likeness (QED) is 0.387. The summed E-state index contributed by atoms with van der Waals surface area (Å²) in [6, 6.07) is 14.3. The molecule has 0 saturated carbocycles. The molecule has 204 valence electrons. The molecule has 2 aliphatic heterocycles. The highest BCUT2D eigenvalue weighted by molar-refractivity contribution is 7.89. The molecule has 3 aromatic rings. The number of rotatable bonds is 9. The number of β-amino-alcohol motifs (C(OH)–C–C–N with tert-alkyl or cyclic N) is 1. The average molecular weight is 539 g/mol. The summed E-state index contributed by atoms with van der Waals surface area (Å²) < 4.78 is 27.8. The van der Waals surface area contributed by atoms with Crippen LogP contribution >= 0.6 is 0 Å². The van der Waals surface area contributed by atoms with E-state index < -0.39 is 10.0 Å². The van der Waals surface area contributed by atoms with Gasteiger partial charge in [-0.1, -0.05) is 30.3 Å². The smallest absolute Gasteiger partial charge is 0.221 e. The van der Waals surface area contributed by atoms with Crippen LogP contribution in [-0.2, 0) is 21.2 Å². The van der Waals surface area contributed by atoms with E-state index in [-0.39, 0.29) is 30.1 Å². The number of benzene rings is 2. The van der Waals surface area contributed by atoms with Crippen molar-refractivity contribution < 1.29 is 18.3 Å². The molecule has 0 radical (unpaired) electrons. The first-order chi connectivity index (χ1) is 18.3. The van der Waals surface area contributed by atoms with Crippen LogP contribution in [0.25, 0.3) is 22.0 Å². The van der Waals surface area contributed by atoms with Crippen molar-refractivity contribution >= 4 is 26.8 Å². The molecule has 1 unspecified atom stereocenters. The third-order valence-corrected chi connectivity index (χ3v) is 9.98. The number of nitrogens with one attached hydrogen (secondary N) is 1. The number of piperidine rings is 2. The minimum Gasteiger partial charge on any atom is -0.392 e. The SMILES string of the molecule is NC(=O)Cc1cc(-c2ccccc2)cc2c(C3CCN(S(=O)(=O)CCCN4CCCC(O)C4)CC3)c[nH]c12. The Hall–Kier alpha value is -2.72. The van der Waals surface area contributed by atoms with Gasteiger partial charge in [-0.25, -0.2) is 12.7 Å². The number of amides is 1. The minimum atomic E-state index is -3.31. The number of hydrogen-bond donors (Lipinski definition) is 3. The Bertz CT molecular complexity index is 1360. The predicted octanol–water partition coefficient (Wildman–Crippen LogP) is 3.22. The zero-order valence-corrected chi connectivity index (χ0v) is 22.6. The molecule has 0 aliphatic carbocycles. The molecule has 3 heterocycles. The van der Waals surface area contributed by atoms with Crippen molar-refractivity contribution in [1.29, 1.82) is 0 Å². The Morgan fingerprint density at radius 1 is 1.05 bits per heavy atom. The van der Waals surface area contributed by atoms with Crippen molar-refractivity contribution in [2.24, 2.45) is 5.73 Å². The number of carbonyl (C=O) groups excluding carboxylic acids is 1. The summed E-state index contributed by atoms with van der Waals surface area (Å²) in [6.45, 7) is 3.30. The molecule has 2 aliphatic rings. The molecule has 0 bridgehead atoms. The van der Waals surface area contributed by atoms with Crippen molar-refractivity contribution in [1.82, 2.24) is 14.2 Å². The summed E-state index contributed by atoms with van der Waals surface area (Å²) in [5.74, 6) is 0.00832. The van der Waals surface area contributed by atoms with Crippen molar-refractivity contribution in [2.45, 2.75) is 50.5 Å². The van der Waals surface area contributed by atoms with E-state index in [0.29, 0.717) is 32.6 Å². The monoisotopic (exact) mass is 538 g/mol. The van der Waals surface area contributed by atoms with Crippen molar-refractivity contribution in [3.8, 4) is 11.1 Å². The van der Waals surface area contributed by atoms with Gasteiger partial charge in [0.25, 0.3) is 0 Å². The number of aromatic amines is 1. The average Bonchev–Trinajstić information content (AvgIpc) is 3.33. The van der Waals surface area contributed by atoms with Crippen LogP contribution in [-0.4, -0.2) is 78.2 Å². The summed E-state index contributed by atoms with van der Waals surface area (Å²) in [5.41, 5.74) is 10.7. The van der Waals surface area contributed by atoms with Crippen LogP contribution in [0.2, 0.25) is 0 Å². The molecule has 1 aromatic heterocycles. The van der Waals surface area contributed by atoms with E-state index in [1.165, 1.54) is 5.56 Å². The van der Waals surface area contributed by atoms with Crippen molar-refractivity contribution in [3.05, 3.63) is 59.8 Å². The summed E-state index contributed by atoms with van der Waals surface area (Å²) in [4.78, 5) is 17.4. The van der Waals surface area contributed by atoms with Crippen LogP contribution in [0.15, 0.2) is 48.7 Å². The third kappa shape index (κ3) is 6.12. The molecule has 8 nitrogen and oxygen atoms in total. The second-order valence-corrected chi connectivity index (χ2v) is 12.8. The number of primary amides is 1. The number of aliphatic hydroxyl groups is 1. The molecule has 9 heteroatoms. The van der Waals surface area contributed by atoms with Crippen LogP contribution in [0.3, 0.4) is 0 Å². The molecule has 2 fully saturated rings. The highest BCUT2D eigenvalue weighted by atomic mass is 32.2. The van der Waals surface area contributed by atoms with Gasteiger partial charge in [-0.3, -0.25) is 4.79 Å². The van der Waals surface area contributed by atoms with Gasteiger partial charge in [0, 0.05) is 36.7 Å². The van der Waals surface area contributed by atoms with E-state index in [9.17, 15) is 18.3 Å². The first-order valence-corrected chi connectivity index (χ1v) is 15.3. The Morgan fingerprint density at radius 2 is 1.82 bits per heavy atom.